The van der Waals surface area contributed by atoms with Crippen molar-refractivity contribution in [3.05, 3.63) is 68.9 Å². The molecule has 1 N–H and O–H groups in total. The van der Waals surface area contributed by atoms with E-state index in [1.807, 2.05) is 18.2 Å². The summed E-state index contributed by atoms with van der Waals surface area (Å²) in [7, 11) is 0. The molecule has 184 valence electrons. The van der Waals surface area contributed by atoms with Crippen LogP contribution in [0.25, 0.3) is 10.9 Å². The van der Waals surface area contributed by atoms with Crippen LogP contribution in [0.15, 0.2) is 52.1 Å². The summed E-state index contributed by atoms with van der Waals surface area (Å²) in [5.74, 6) is 0.800. The first-order chi connectivity index (χ1) is 17.0. The van der Waals surface area contributed by atoms with Crippen molar-refractivity contribution in [2.24, 2.45) is 5.92 Å². The SMILES string of the molecule is CCOC(=O)[C@H]1CN(CCn2c(=O)[nH]c3ccccc3c2=O)CC[C@H]1c1ccc2c(c1)OCCO2. The highest BCUT2D eigenvalue weighted by Crippen LogP contribution is 2.39. The van der Waals surface area contributed by atoms with E-state index in [1.165, 1.54) is 4.57 Å². The van der Waals surface area contributed by atoms with Crippen LogP contribution in [-0.2, 0) is 16.1 Å². The maximum atomic E-state index is 12.9. The normalized spacial score (nSPS) is 20.0. The zero-order chi connectivity index (χ0) is 24.4. The van der Waals surface area contributed by atoms with Crippen molar-refractivity contribution in [3.63, 3.8) is 0 Å². The Balaban J connectivity index is 1.34. The summed E-state index contributed by atoms with van der Waals surface area (Å²) in [5.41, 5.74) is 0.815. The molecule has 2 aromatic carbocycles. The van der Waals surface area contributed by atoms with Gasteiger partial charge in [0, 0.05) is 19.6 Å². The molecule has 1 aromatic heterocycles. The van der Waals surface area contributed by atoms with Crippen LogP contribution in [0.4, 0.5) is 0 Å². The van der Waals surface area contributed by atoms with Gasteiger partial charge in [-0.3, -0.25) is 14.2 Å². The first-order valence-corrected chi connectivity index (χ1v) is 12.1. The van der Waals surface area contributed by atoms with Gasteiger partial charge in [-0.05, 0) is 55.6 Å². The van der Waals surface area contributed by atoms with Crippen LogP contribution in [0.3, 0.4) is 0 Å². The monoisotopic (exact) mass is 479 g/mol. The van der Waals surface area contributed by atoms with Crippen LogP contribution in [0, 0.1) is 5.92 Å². The molecule has 3 heterocycles. The van der Waals surface area contributed by atoms with Gasteiger partial charge in [0.05, 0.1) is 23.4 Å². The van der Waals surface area contributed by atoms with Gasteiger partial charge in [0.2, 0.25) is 0 Å². The van der Waals surface area contributed by atoms with E-state index in [-0.39, 0.29) is 29.9 Å². The highest BCUT2D eigenvalue weighted by molar-refractivity contribution is 5.77. The van der Waals surface area contributed by atoms with Crippen LogP contribution < -0.4 is 20.7 Å². The molecule has 0 saturated carbocycles. The van der Waals surface area contributed by atoms with Crippen molar-refractivity contribution in [2.45, 2.75) is 25.8 Å². The predicted molar refractivity (Wildman–Crippen MR) is 130 cm³/mol. The number of H-pyrrole nitrogens is 1. The van der Waals surface area contributed by atoms with Crippen LogP contribution in [0.2, 0.25) is 0 Å². The van der Waals surface area contributed by atoms with Gasteiger partial charge < -0.3 is 24.1 Å². The van der Waals surface area contributed by atoms with Gasteiger partial charge in [-0.15, -0.1) is 0 Å². The summed E-state index contributed by atoms with van der Waals surface area (Å²) in [5, 5.41) is 0.480. The first kappa shape index (κ1) is 23.2. The third-order valence-corrected chi connectivity index (χ3v) is 6.81. The molecular formula is C26H29N3O6. The first-order valence-electron chi connectivity index (χ1n) is 12.1. The zero-order valence-corrected chi connectivity index (χ0v) is 19.7. The fourth-order valence-electron chi connectivity index (χ4n) is 5.04. The van der Waals surface area contributed by atoms with Crippen LogP contribution in [-0.4, -0.2) is 59.9 Å². The molecule has 0 bridgehead atoms. The number of ether oxygens (including phenoxy) is 3. The molecule has 2 aliphatic rings. The summed E-state index contributed by atoms with van der Waals surface area (Å²) in [6.45, 7) is 5.07. The minimum atomic E-state index is -0.429. The second-order valence-corrected chi connectivity index (χ2v) is 8.89. The number of aromatic nitrogens is 2. The topological polar surface area (TPSA) is 103 Å². The second kappa shape index (κ2) is 9.95. The predicted octanol–water partition coefficient (Wildman–Crippen LogP) is 2.13. The van der Waals surface area contributed by atoms with Crippen molar-refractivity contribution in [1.82, 2.24) is 14.5 Å². The van der Waals surface area contributed by atoms with E-state index in [4.69, 9.17) is 14.2 Å². The van der Waals surface area contributed by atoms with Crippen molar-refractivity contribution in [1.29, 1.82) is 0 Å². The number of carbonyl (C=O) groups is 1. The van der Waals surface area contributed by atoms with E-state index in [1.54, 1.807) is 31.2 Å². The Bertz CT molecular complexity index is 1350. The number of benzene rings is 2. The number of hydrogen-bond donors (Lipinski definition) is 1. The minimum Gasteiger partial charge on any atom is -0.486 e. The number of likely N-dealkylation sites (tertiary alicyclic amines) is 1. The molecule has 1 saturated heterocycles. The molecule has 0 spiro atoms. The maximum Gasteiger partial charge on any atom is 0.328 e. The number of rotatable bonds is 6. The number of nitrogens with zero attached hydrogens (tertiary/aromatic N) is 2. The quantitative estimate of drug-likeness (QED) is 0.541. The van der Waals surface area contributed by atoms with Gasteiger partial charge in [-0.1, -0.05) is 18.2 Å². The lowest BCUT2D eigenvalue weighted by molar-refractivity contribution is -0.150. The molecule has 0 radical (unpaired) electrons. The van der Waals surface area contributed by atoms with E-state index in [2.05, 4.69) is 9.88 Å². The van der Waals surface area contributed by atoms with Crippen molar-refractivity contribution in [3.8, 4) is 11.5 Å². The molecule has 0 unspecified atom stereocenters. The third kappa shape index (κ3) is 4.68. The summed E-state index contributed by atoms with van der Waals surface area (Å²) in [6, 6.07) is 12.8. The van der Waals surface area contributed by atoms with Crippen molar-refractivity contribution >= 4 is 16.9 Å². The number of para-hydroxylation sites is 1. The van der Waals surface area contributed by atoms with E-state index in [0.29, 0.717) is 49.6 Å². The molecule has 1 fully saturated rings. The van der Waals surface area contributed by atoms with Crippen molar-refractivity contribution in [2.75, 3.05) is 39.5 Å². The van der Waals surface area contributed by atoms with Gasteiger partial charge in [-0.2, -0.15) is 0 Å². The van der Waals surface area contributed by atoms with Gasteiger partial charge in [0.25, 0.3) is 5.56 Å². The van der Waals surface area contributed by atoms with Gasteiger partial charge in [0.1, 0.15) is 13.2 Å². The summed E-state index contributed by atoms with van der Waals surface area (Å²) in [6.07, 6.45) is 0.742. The number of aromatic amines is 1. The molecule has 2 atom stereocenters. The van der Waals surface area contributed by atoms with E-state index >= 15 is 0 Å². The fourth-order valence-corrected chi connectivity index (χ4v) is 5.04. The fraction of sp³-hybridized carbons (Fsp3) is 0.423. The number of esters is 1. The Labute approximate surface area is 202 Å². The Hall–Kier alpha value is -3.59. The molecule has 35 heavy (non-hydrogen) atoms. The summed E-state index contributed by atoms with van der Waals surface area (Å²) >= 11 is 0. The Kier molecular flexibility index (Phi) is 6.59. The standard InChI is InChI=1S/C26H29N3O6/c1-2-33-25(31)20-16-28(10-9-18(20)17-7-8-22-23(15-17)35-14-13-34-22)11-12-29-24(30)19-5-3-4-6-21(19)27-26(29)32/h3-8,15,18,20H,2,9-14,16H2,1H3,(H,27,32)/t18-,20-/m0/s1. The minimum absolute atomic E-state index is 0.0204. The second-order valence-electron chi connectivity index (χ2n) is 8.89. The molecule has 0 amide bonds. The van der Waals surface area contributed by atoms with Crippen LogP contribution in [0.5, 0.6) is 11.5 Å². The van der Waals surface area contributed by atoms with Gasteiger partial charge >= 0.3 is 11.7 Å². The Morgan fingerprint density at radius 3 is 2.71 bits per heavy atom. The Morgan fingerprint density at radius 2 is 1.89 bits per heavy atom. The molecule has 9 heteroatoms. The smallest absolute Gasteiger partial charge is 0.328 e. The average molecular weight is 480 g/mol. The molecule has 9 nitrogen and oxygen atoms in total. The summed E-state index contributed by atoms with van der Waals surface area (Å²) < 4.78 is 18.0. The highest BCUT2D eigenvalue weighted by atomic mass is 16.6. The maximum absolute atomic E-state index is 12.9. The van der Waals surface area contributed by atoms with Crippen molar-refractivity contribution < 1.29 is 19.0 Å². The van der Waals surface area contributed by atoms with Gasteiger partial charge in [0.15, 0.2) is 11.5 Å². The van der Waals surface area contributed by atoms with Crippen LogP contribution >= 0.6 is 0 Å². The molecule has 5 rings (SSSR count). The number of piperidine rings is 1. The lowest BCUT2D eigenvalue weighted by Crippen LogP contribution is -2.46. The Morgan fingerprint density at radius 1 is 1.09 bits per heavy atom. The van der Waals surface area contributed by atoms with Gasteiger partial charge in [-0.25, -0.2) is 4.79 Å². The average Bonchev–Trinajstić information content (AvgIpc) is 2.88. The van der Waals surface area contributed by atoms with Crippen LogP contribution in [0.1, 0.15) is 24.8 Å². The lowest BCUT2D eigenvalue weighted by Gasteiger charge is -2.37. The lowest BCUT2D eigenvalue weighted by atomic mass is 9.80. The number of hydrogen-bond acceptors (Lipinski definition) is 7. The van der Waals surface area contributed by atoms with E-state index in [9.17, 15) is 14.4 Å². The molecule has 3 aromatic rings. The zero-order valence-electron chi connectivity index (χ0n) is 19.7. The largest absolute Gasteiger partial charge is 0.486 e. The number of fused-ring (bicyclic) bond motifs is 2. The molecular weight excluding hydrogens is 450 g/mol. The number of nitrogens with one attached hydrogen (secondary N) is 1. The van der Waals surface area contributed by atoms with E-state index < -0.39 is 5.69 Å². The number of carbonyl (C=O) groups excluding carboxylic acids is 1. The third-order valence-electron chi connectivity index (χ3n) is 6.81. The molecule has 2 aliphatic heterocycles. The van der Waals surface area contributed by atoms with E-state index in [0.717, 1.165) is 24.3 Å². The molecule has 0 aliphatic carbocycles. The highest BCUT2D eigenvalue weighted by Gasteiger charge is 2.36. The summed E-state index contributed by atoms with van der Waals surface area (Å²) in [4.78, 5) is 43.2.